The molecule has 0 amide bonds. The van der Waals surface area contributed by atoms with Gasteiger partial charge in [-0.1, -0.05) is 53.9 Å². The van der Waals surface area contributed by atoms with E-state index in [1.54, 1.807) is 0 Å². The first-order valence-electron chi connectivity index (χ1n) is 13.0. The highest BCUT2D eigenvalue weighted by Crippen LogP contribution is 2.73. The Hall–Kier alpha value is -0.410. The highest BCUT2D eigenvalue weighted by molar-refractivity contribution is 5.91. The second-order valence-corrected chi connectivity index (χ2v) is 12.9. The largest absolute Gasteiger partial charge is 0.393 e. The fourth-order valence-electron chi connectivity index (χ4n) is 9.37. The van der Waals surface area contributed by atoms with Crippen LogP contribution in [0.1, 0.15) is 98.8 Å². The predicted octanol–water partition coefficient (Wildman–Crippen LogP) is 5.78. The zero-order valence-corrected chi connectivity index (χ0v) is 20.0. The molecule has 4 aliphatic carbocycles. The van der Waals surface area contributed by atoms with Gasteiger partial charge in [0.2, 0.25) is 0 Å². The Morgan fingerprint density at radius 3 is 2.53 bits per heavy atom. The molecule has 5 fully saturated rings. The lowest BCUT2D eigenvalue weighted by Crippen LogP contribution is -2.61. The van der Waals surface area contributed by atoms with E-state index in [2.05, 4.69) is 34.6 Å². The van der Waals surface area contributed by atoms with Gasteiger partial charge in [0.1, 0.15) is 11.7 Å². The molecule has 1 spiro atoms. The average molecular weight is 417 g/mol. The minimum absolute atomic E-state index is 0.0811. The molecule has 1 saturated heterocycles. The molecule has 0 radical (unpaired) electrons. The van der Waals surface area contributed by atoms with Gasteiger partial charge in [-0.25, -0.2) is 0 Å². The van der Waals surface area contributed by atoms with Crippen LogP contribution in [0, 0.1) is 46.3 Å². The van der Waals surface area contributed by atoms with Crippen LogP contribution in [0.25, 0.3) is 0 Å². The van der Waals surface area contributed by atoms with Crippen LogP contribution in [-0.4, -0.2) is 28.7 Å². The van der Waals surface area contributed by atoms with E-state index in [1.165, 1.54) is 44.9 Å². The Morgan fingerprint density at radius 2 is 1.80 bits per heavy atom. The standard InChI is InChI=1S/C27H44O3/c1-16(2)7-6-8-17(3)19-9-10-20-22-21(12-13-25(19,20)4)26(5)14-11-18(28)15-27(26)24(30-27)23(22)29/h16-22,24,28H,6-15H2,1-5H3/t17-,18+,19-,20+,21?,22+,24+,25-,26-,27+/m1/s1. The van der Waals surface area contributed by atoms with Gasteiger partial charge in [-0.05, 0) is 73.5 Å². The number of hydrogen-bond donors (Lipinski definition) is 1. The van der Waals surface area contributed by atoms with E-state index in [-0.39, 0.29) is 29.1 Å². The molecule has 1 aliphatic heterocycles. The van der Waals surface area contributed by atoms with Crippen molar-refractivity contribution < 1.29 is 14.6 Å². The first-order valence-corrected chi connectivity index (χ1v) is 13.0. The molecule has 1 N–H and O–H groups in total. The summed E-state index contributed by atoms with van der Waals surface area (Å²) >= 11 is 0. The Kier molecular flexibility index (Phi) is 5.03. The number of aliphatic hydroxyl groups is 1. The van der Waals surface area contributed by atoms with E-state index in [0.29, 0.717) is 29.5 Å². The number of aliphatic hydroxyl groups excluding tert-OH is 1. The molecule has 4 saturated carbocycles. The number of carbonyl (C=O) groups excluding carboxylic acids is 1. The highest BCUT2D eigenvalue weighted by atomic mass is 16.6. The minimum atomic E-state index is -0.335. The number of ketones is 1. The number of epoxide rings is 1. The van der Waals surface area contributed by atoms with Gasteiger partial charge in [0.05, 0.1) is 6.10 Å². The van der Waals surface area contributed by atoms with Crippen LogP contribution >= 0.6 is 0 Å². The van der Waals surface area contributed by atoms with Crippen molar-refractivity contribution in [1.82, 2.24) is 0 Å². The van der Waals surface area contributed by atoms with Crippen molar-refractivity contribution in [3.63, 3.8) is 0 Å². The summed E-state index contributed by atoms with van der Waals surface area (Å²) in [5, 5.41) is 10.3. The molecule has 5 aliphatic rings. The highest BCUT2D eigenvalue weighted by Gasteiger charge is 2.79. The Balaban J connectivity index is 1.37. The maximum atomic E-state index is 13.7. The quantitative estimate of drug-likeness (QED) is 0.578. The van der Waals surface area contributed by atoms with Crippen LogP contribution in [0.4, 0.5) is 0 Å². The van der Waals surface area contributed by atoms with Crippen LogP contribution in [-0.2, 0) is 9.53 Å². The summed E-state index contributed by atoms with van der Waals surface area (Å²) in [4.78, 5) is 13.7. The summed E-state index contributed by atoms with van der Waals surface area (Å²) < 4.78 is 6.27. The lowest BCUT2D eigenvalue weighted by Gasteiger charge is -2.58. The molecule has 0 aromatic rings. The molecule has 30 heavy (non-hydrogen) atoms. The summed E-state index contributed by atoms with van der Waals surface area (Å²) in [7, 11) is 0. The van der Waals surface area contributed by atoms with Gasteiger partial charge in [0, 0.05) is 17.8 Å². The SMILES string of the molecule is CC(C)CCC[C@@H](C)[C@H]1CC[C@H]2[C@@H]3C(=O)[C@@H]4O[C@@]45C[C@@H](O)CC[C@]5(C)C3CC[C@]12C. The third-order valence-electron chi connectivity index (χ3n) is 11.1. The first-order chi connectivity index (χ1) is 14.1. The molecule has 1 heterocycles. The number of Topliss-reactive ketones (excluding diaryl/α,β-unsaturated/α-hetero) is 1. The normalized spacial score (nSPS) is 53.0. The van der Waals surface area contributed by atoms with E-state index >= 15 is 0 Å². The van der Waals surface area contributed by atoms with Gasteiger partial charge in [-0.3, -0.25) is 4.79 Å². The summed E-state index contributed by atoms with van der Waals surface area (Å²) in [6, 6.07) is 0. The van der Waals surface area contributed by atoms with E-state index in [0.717, 1.165) is 30.6 Å². The zero-order valence-electron chi connectivity index (χ0n) is 20.0. The zero-order chi connectivity index (χ0) is 21.5. The van der Waals surface area contributed by atoms with Gasteiger partial charge in [-0.2, -0.15) is 0 Å². The van der Waals surface area contributed by atoms with Crippen molar-refractivity contribution in [2.24, 2.45) is 46.3 Å². The van der Waals surface area contributed by atoms with Crippen LogP contribution in [0.2, 0.25) is 0 Å². The van der Waals surface area contributed by atoms with E-state index in [9.17, 15) is 9.90 Å². The van der Waals surface area contributed by atoms with Gasteiger partial charge in [0.25, 0.3) is 0 Å². The molecule has 5 rings (SSSR count). The monoisotopic (exact) mass is 416 g/mol. The second kappa shape index (κ2) is 7.04. The van der Waals surface area contributed by atoms with Crippen LogP contribution in [0.5, 0.6) is 0 Å². The molecule has 170 valence electrons. The molecule has 0 aromatic heterocycles. The number of fused-ring (bicyclic) bond motifs is 4. The fourth-order valence-corrected chi connectivity index (χ4v) is 9.37. The summed E-state index contributed by atoms with van der Waals surface area (Å²) in [5.41, 5.74) is 0.0735. The number of carbonyl (C=O) groups is 1. The molecular weight excluding hydrogens is 372 g/mol. The topological polar surface area (TPSA) is 49.8 Å². The Labute approximate surface area is 183 Å². The lowest BCUT2D eigenvalue weighted by molar-refractivity contribution is -0.151. The van der Waals surface area contributed by atoms with E-state index < -0.39 is 0 Å². The third kappa shape index (κ3) is 2.79. The molecule has 10 atom stereocenters. The van der Waals surface area contributed by atoms with E-state index in [1.807, 2.05) is 0 Å². The van der Waals surface area contributed by atoms with Crippen molar-refractivity contribution >= 4 is 5.78 Å². The summed E-state index contributed by atoms with van der Waals surface area (Å²) in [6.07, 6.45) is 11.1. The fraction of sp³-hybridized carbons (Fsp3) is 0.963. The average Bonchev–Trinajstić information content (AvgIpc) is 3.29. The number of rotatable bonds is 5. The van der Waals surface area contributed by atoms with Gasteiger partial charge in [-0.15, -0.1) is 0 Å². The molecule has 1 unspecified atom stereocenters. The lowest BCUT2D eigenvalue weighted by atomic mass is 9.44. The van der Waals surface area contributed by atoms with Crippen molar-refractivity contribution in [2.75, 3.05) is 0 Å². The molecule has 0 aromatic carbocycles. The molecule has 3 nitrogen and oxygen atoms in total. The number of hydrogen-bond acceptors (Lipinski definition) is 3. The molecule has 3 heteroatoms. The van der Waals surface area contributed by atoms with Crippen molar-refractivity contribution in [2.45, 2.75) is 117 Å². The third-order valence-corrected chi connectivity index (χ3v) is 11.1. The number of ether oxygens (including phenoxy) is 1. The maximum absolute atomic E-state index is 13.7. The Morgan fingerprint density at radius 1 is 1.03 bits per heavy atom. The molecule has 0 bridgehead atoms. The summed E-state index contributed by atoms with van der Waals surface area (Å²) in [6.45, 7) is 12.1. The minimum Gasteiger partial charge on any atom is -0.393 e. The smallest absolute Gasteiger partial charge is 0.168 e. The van der Waals surface area contributed by atoms with Gasteiger partial charge in [0.15, 0.2) is 5.78 Å². The molecular formula is C27H44O3. The van der Waals surface area contributed by atoms with Crippen molar-refractivity contribution in [1.29, 1.82) is 0 Å². The Bertz CT molecular complexity index is 702. The maximum Gasteiger partial charge on any atom is 0.168 e. The first kappa shape index (κ1) is 21.4. The van der Waals surface area contributed by atoms with Gasteiger partial charge >= 0.3 is 0 Å². The van der Waals surface area contributed by atoms with E-state index in [4.69, 9.17) is 4.74 Å². The van der Waals surface area contributed by atoms with Crippen LogP contribution < -0.4 is 0 Å². The second-order valence-electron chi connectivity index (χ2n) is 12.9. The van der Waals surface area contributed by atoms with Crippen LogP contribution in [0.15, 0.2) is 0 Å². The summed E-state index contributed by atoms with van der Waals surface area (Å²) in [5.74, 6) is 3.97. The van der Waals surface area contributed by atoms with Crippen LogP contribution in [0.3, 0.4) is 0 Å². The van der Waals surface area contributed by atoms with Crippen molar-refractivity contribution in [3.8, 4) is 0 Å². The predicted molar refractivity (Wildman–Crippen MR) is 119 cm³/mol. The van der Waals surface area contributed by atoms with Gasteiger partial charge < -0.3 is 9.84 Å². The van der Waals surface area contributed by atoms with Crippen molar-refractivity contribution in [3.05, 3.63) is 0 Å².